The number of benzene rings is 3. The molecule has 1 amide bonds. The Morgan fingerprint density at radius 2 is 1.69 bits per heavy atom. The quantitative estimate of drug-likeness (QED) is 0.397. The maximum atomic E-state index is 13.2. The summed E-state index contributed by atoms with van der Waals surface area (Å²) in [4.78, 5) is 25.6. The van der Waals surface area contributed by atoms with Gasteiger partial charge in [-0.05, 0) is 68.1 Å². The van der Waals surface area contributed by atoms with Crippen LogP contribution in [-0.4, -0.2) is 23.5 Å². The molecule has 0 bridgehead atoms. The number of carbonyl (C=O) groups excluding carboxylic acids is 2. The Morgan fingerprint density at radius 1 is 1.00 bits per heavy atom. The standard InChI is InChI=1S/C29H29ClN2O3/c1-20(32-28(34)29(2,3)35-27(33)18-21-8-5-4-6-9-21)26(17-22-12-14-25(30)15-13-22)24-11-7-10-23(16-24)19-31/h4-16,20,26H,17-18H2,1-3H3,(H,32,34). The van der Waals surface area contributed by atoms with Gasteiger partial charge >= 0.3 is 5.97 Å². The van der Waals surface area contributed by atoms with Gasteiger partial charge in [0.15, 0.2) is 5.60 Å². The molecule has 6 heteroatoms. The van der Waals surface area contributed by atoms with Crippen LogP contribution in [0, 0.1) is 11.3 Å². The summed E-state index contributed by atoms with van der Waals surface area (Å²) in [6, 6.07) is 26.1. The van der Waals surface area contributed by atoms with Gasteiger partial charge in [0, 0.05) is 17.0 Å². The first-order valence-corrected chi connectivity index (χ1v) is 11.9. The summed E-state index contributed by atoms with van der Waals surface area (Å²) in [5.74, 6) is -0.975. The molecule has 0 fully saturated rings. The van der Waals surface area contributed by atoms with Crippen LogP contribution >= 0.6 is 11.6 Å². The molecule has 2 atom stereocenters. The van der Waals surface area contributed by atoms with Crippen LogP contribution in [-0.2, 0) is 27.2 Å². The SMILES string of the molecule is CC(NC(=O)C(C)(C)OC(=O)Cc1ccccc1)C(Cc1ccc(Cl)cc1)c1cccc(C#N)c1. The highest BCUT2D eigenvalue weighted by molar-refractivity contribution is 6.30. The van der Waals surface area contributed by atoms with Gasteiger partial charge in [-0.15, -0.1) is 0 Å². The molecule has 2 unspecified atom stereocenters. The number of halogens is 1. The molecule has 0 saturated heterocycles. The molecule has 0 aliphatic rings. The number of hydrogen-bond acceptors (Lipinski definition) is 4. The smallest absolute Gasteiger partial charge is 0.311 e. The molecule has 0 spiro atoms. The lowest BCUT2D eigenvalue weighted by atomic mass is 9.85. The molecule has 35 heavy (non-hydrogen) atoms. The lowest BCUT2D eigenvalue weighted by molar-refractivity contribution is -0.164. The molecule has 3 rings (SSSR count). The van der Waals surface area contributed by atoms with E-state index in [2.05, 4.69) is 11.4 Å². The summed E-state index contributed by atoms with van der Waals surface area (Å²) >= 11 is 6.04. The molecular formula is C29H29ClN2O3. The van der Waals surface area contributed by atoms with E-state index in [1.807, 2.05) is 79.7 Å². The number of hydrogen-bond donors (Lipinski definition) is 1. The van der Waals surface area contributed by atoms with Crippen LogP contribution in [0.1, 0.15) is 48.9 Å². The predicted octanol–water partition coefficient (Wildman–Crippen LogP) is 5.61. The predicted molar refractivity (Wildman–Crippen MR) is 137 cm³/mol. The molecule has 5 nitrogen and oxygen atoms in total. The van der Waals surface area contributed by atoms with Gasteiger partial charge in [-0.3, -0.25) is 9.59 Å². The molecule has 1 N–H and O–H groups in total. The molecule has 0 aliphatic carbocycles. The van der Waals surface area contributed by atoms with Gasteiger partial charge in [0.1, 0.15) is 0 Å². The van der Waals surface area contributed by atoms with Gasteiger partial charge in [-0.25, -0.2) is 0 Å². The van der Waals surface area contributed by atoms with E-state index in [4.69, 9.17) is 16.3 Å². The van der Waals surface area contributed by atoms with Crippen molar-refractivity contribution in [3.05, 3.63) is 106 Å². The fourth-order valence-corrected chi connectivity index (χ4v) is 4.03. The highest BCUT2D eigenvalue weighted by atomic mass is 35.5. The Morgan fingerprint density at radius 3 is 2.34 bits per heavy atom. The second-order valence-electron chi connectivity index (χ2n) is 9.08. The minimum absolute atomic E-state index is 0.0905. The number of nitrogens with zero attached hydrogens (tertiary/aromatic N) is 1. The average Bonchev–Trinajstić information content (AvgIpc) is 2.83. The van der Waals surface area contributed by atoms with E-state index in [1.54, 1.807) is 19.9 Å². The number of nitrogens with one attached hydrogen (secondary N) is 1. The van der Waals surface area contributed by atoms with Crippen molar-refractivity contribution in [1.29, 1.82) is 5.26 Å². The van der Waals surface area contributed by atoms with Gasteiger partial charge in [0.2, 0.25) is 0 Å². The molecule has 3 aromatic carbocycles. The number of amides is 1. The van der Waals surface area contributed by atoms with Gasteiger partial charge in [-0.2, -0.15) is 5.26 Å². The molecule has 180 valence electrons. The van der Waals surface area contributed by atoms with E-state index in [-0.39, 0.29) is 24.3 Å². The van der Waals surface area contributed by atoms with Gasteiger partial charge in [-0.1, -0.05) is 66.2 Å². The number of carbonyl (C=O) groups is 2. The van der Waals surface area contributed by atoms with Crippen LogP contribution in [0.2, 0.25) is 5.02 Å². The fourth-order valence-electron chi connectivity index (χ4n) is 3.91. The number of esters is 1. The van der Waals surface area contributed by atoms with Crippen molar-refractivity contribution >= 4 is 23.5 Å². The minimum atomic E-state index is -1.35. The lowest BCUT2D eigenvalue weighted by Gasteiger charge is -2.30. The summed E-state index contributed by atoms with van der Waals surface area (Å²) < 4.78 is 5.55. The second-order valence-corrected chi connectivity index (χ2v) is 9.52. The van der Waals surface area contributed by atoms with Crippen LogP contribution in [0.4, 0.5) is 0 Å². The minimum Gasteiger partial charge on any atom is -0.449 e. The van der Waals surface area contributed by atoms with Crippen LogP contribution in [0.5, 0.6) is 0 Å². The van der Waals surface area contributed by atoms with Crippen LogP contribution in [0.15, 0.2) is 78.9 Å². The second kappa shape index (κ2) is 11.7. The summed E-state index contributed by atoms with van der Waals surface area (Å²) in [6.45, 7) is 5.09. The lowest BCUT2D eigenvalue weighted by Crippen LogP contribution is -2.50. The first-order chi connectivity index (χ1) is 16.7. The summed E-state index contributed by atoms with van der Waals surface area (Å²) in [6.07, 6.45) is 0.717. The number of rotatable bonds is 9. The van der Waals surface area contributed by atoms with E-state index >= 15 is 0 Å². The van der Waals surface area contributed by atoms with Crippen molar-refractivity contribution in [2.45, 2.75) is 51.2 Å². The van der Waals surface area contributed by atoms with E-state index in [0.717, 1.165) is 16.7 Å². The van der Waals surface area contributed by atoms with E-state index < -0.39 is 11.6 Å². The Labute approximate surface area is 211 Å². The molecule has 0 aromatic heterocycles. The summed E-state index contributed by atoms with van der Waals surface area (Å²) in [5.41, 5.74) is 2.02. The van der Waals surface area contributed by atoms with Crippen molar-refractivity contribution in [3.63, 3.8) is 0 Å². The monoisotopic (exact) mass is 488 g/mol. The van der Waals surface area contributed by atoms with Gasteiger partial charge < -0.3 is 10.1 Å². The van der Waals surface area contributed by atoms with Crippen molar-refractivity contribution in [1.82, 2.24) is 5.32 Å². The number of ether oxygens (including phenoxy) is 1. The van der Waals surface area contributed by atoms with E-state index in [1.165, 1.54) is 0 Å². The van der Waals surface area contributed by atoms with Crippen molar-refractivity contribution < 1.29 is 14.3 Å². The van der Waals surface area contributed by atoms with Crippen molar-refractivity contribution in [2.75, 3.05) is 0 Å². The Balaban J connectivity index is 1.75. The van der Waals surface area contributed by atoms with Crippen molar-refractivity contribution in [3.8, 4) is 6.07 Å². The highest BCUT2D eigenvalue weighted by Gasteiger charge is 2.34. The maximum Gasteiger partial charge on any atom is 0.311 e. The third-order valence-corrected chi connectivity index (χ3v) is 6.13. The zero-order valence-corrected chi connectivity index (χ0v) is 20.9. The van der Waals surface area contributed by atoms with Crippen LogP contribution in [0.25, 0.3) is 0 Å². The van der Waals surface area contributed by atoms with Gasteiger partial charge in [0.25, 0.3) is 5.91 Å². The average molecular weight is 489 g/mol. The highest BCUT2D eigenvalue weighted by Crippen LogP contribution is 2.27. The Kier molecular flexibility index (Phi) is 8.68. The third kappa shape index (κ3) is 7.43. The molecule has 0 aliphatic heterocycles. The van der Waals surface area contributed by atoms with Gasteiger partial charge in [0.05, 0.1) is 18.1 Å². The fraction of sp³-hybridized carbons (Fsp3) is 0.276. The Bertz CT molecular complexity index is 1200. The van der Waals surface area contributed by atoms with Crippen LogP contribution < -0.4 is 5.32 Å². The maximum absolute atomic E-state index is 13.2. The molecule has 3 aromatic rings. The number of nitriles is 1. The molecule has 0 heterocycles. The summed E-state index contributed by atoms with van der Waals surface area (Å²) in [5, 5.41) is 13.0. The summed E-state index contributed by atoms with van der Waals surface area (Å²) in [7, 11) is 0. The zero-order chi connectivity index (χ0) is 25.4. The zero-order valence-electron chi connectivity index (χ0n) is 20.1. The van der Waals surface area contributed by atoms with Crippen LogP contribution in [0.3, 0.4) is 0 Å². The van der Waals surface area contributed by atoms with E-state index in [9.17, 15) is 14.9 Å². The Hall–Kier alpha value is -3.62. The van der Waals surface area contributed by atoms with E-state index in [0.29, 0.717) is 17.0 Å². The largest absolute Gasteiger partial charge is 0.449 e. The third-order valence-electron chi connectivity index (χ3n) is 5.88. The molecular weight excluding hydrogens is 460 g/mol. The first kappa shape index (κ1) is 26.0. The molecule has 0 saturated carbocycles. The topological polar surface area (TPSA) is 79.2 Å². The van der Waals surface area contributed by atoms with Crippen molar-refractivity contribution in [2.24, 2.45) is 0 Å². The molecule has 0 radical (unpaired) electrons. The normalized spacial score (nSPS) is 12.8. The first-order valence-electron chi connectivity index (χ1n) is 11.5.